The molecule has 21 heavy (non-hydrogen) atoms. The number of nitrogens with one attached hydrogen (secondary N) is 1. The summed E-state index contributed by atoms with van der Waals surface area (Å²) in [5.41, 5.74) is 2.80. The third kappa shape index (κ3) is 2.44. The zero-order valence-electron chi connectivity index (χ0n) is 12.0. The van der Waals surface area contributed by atoms with Gasteiger partial charge in [-0.15, -0.1) is 0 Å². The van der Waals surface area contributed by atoms with Crippen molar-refractivity contribution in [2.75, 3.05) is 20.8 Å². The molecule has 0 bridgehead atoms. The van der Waals surface area contributed by atoms with Gasteiger partial charge in [0.1, 0.15) is 5.69 Å². The van der Waals surface area contributed by atoms with Crippen LogP contribution in [0.5, 0.6) is 11.5 Å². The van der Waals surface area contributed by atoms with Gasteiger partial charge in [0.25, 0.3) is 5.91 Å². The summed E-state index contributed by atoms with van der Waals surface area (Å²) in [6.07, 6.45) is 3.86. The van der Waals surface area contributed by atoms with Crippen LogP contribution in [-0.4, -0.2) is 41.5 Å². The number of hydrogen-bond donors (Lipinski definition) is 1. The van der Waals surface area contributed by atoms with Crippen LogP contribution in [0.1, 0.15) is 21.6 Å². The Balaban J connectivity index is 1.86. The number of carbonyl (C=O) groups is 1. The number of amides is 1. The normalized spacial score (nSPS) is 13.7. The third-order valence-corrected chi connectivity index (χ3v) is 3.73. The fraction of sp³-hybridized carbons (Fsp3) is 0.333. The number of rotatable bonds is 3. The van der Waals surface area contributed by atoms with Gasteiger partial charge in [0.2, 0.25) is 0 Å². The first kappa shape index (κ1) is 13.5. The highest BCUT2D eigenvalue weighted by Crippen LogP contribution is 2.33. The number of ether oxygens (including phenoxy) is 2. The molecule has 1 aliphatic rings. The summed E-state index contributed by atoms with van der Waals surface area (Å²) < 4.78 is 10.6. The lowest BCUT2D eigenvalue weighted by atomic mass is 9.98. The molecule has 0 fully saturated rings. The van der Waals surface area contributed by atoms with Crippen LogP contribution in [0, 0.1) is 0 Å². The molecular weight excluding hydrogens is 270 g/mol. The minimum Gasteiger partial charge on any atom is -0.493 e. The van der Waals surface area contributed by atoms with E-state index in [2.05, 4.69) is 9.97 Å². The van der Waals surface area contributed by atoms with Gasteiger partial charge in [0.15, 0.2) is 11.5 Å². The molecule has 3 rings (SSSR count). The van der Waals surface area contributed by atoms with Crippen molar-refractivity contribution in [2.24, 2.45) is 0 Å². The molecule has 1 aliphatic heterocycles. The predicted molar refractivity (Wildman–Crippen MR) is 76.6 cm³/mol. The van der Waals surface area contributed by atoms with E-state index in [9.17, 15) is 4.79 Å². The summed E-state index contributed by atoms with van der Waals surface area (Å²) >= 11 is 0. The number of H-pyrrole nitrogens is 1. The van der Waals surface area contributed by atoms with E-state index >= 15 is 0 Å². The lowest BCUT2D eigenvalue weighted by molar-refractivity contribution is 0.0729. The van der Waals surface area contributed by atoms with Crippen molar-refractivity contribution in [3.8, 4) is 11.5 Å². The Labute approximate surface area is 122 Å². The van der Waals surface area contributed by atoms with E-state index in [0.717, 1.165) is 17.7 Å². The Kier molecular flexibility index (Phi) is 3.51. The number of imidazole rings is 1. The first-order chi connectivity index (χ1) is 10.2. The second kappa shape index (κ2) is 5.47. The molecule has 1 aromatic heterocycles. The van der Waals surface area contributed by atoms with Crippen LogP contribution < -0.4 is 9.47 Å². The zero-order chi connectivity index (χ0) is 14.8. The van der Waals surface area contributed by atoms with Gasteiger partial charge in [-0.05, 0) is 29.7 Å². The Morgan fingerprint density at radius 3 is 2.57 bits per heavy atom. The second-order valence-electron chi connectivity index (χ2n) is 4.92. The molecule has 1 N–H and O–H groups in total. The number of nitrogens with zero attached hydrogens (tertiary/aromatic N) is 2. The lowest BCUT2D eigenvalue weighted by Gasteiger charge is -2.29. The Hall–Kier alpha value is -2.50. The standard InChI is InChI=1S/C15H17N3O3/c1-20-13-5-10-3-4-18(8-11(10)6-14(13)21-2)15(19)12-7-16-9-17-12/h5-7,9H,3-4,8H2,1-2H3,(H,16,17). The van der Waals surface area contributed by atoms with Crippen LogP contribution in [0.3, 0.4) is 0 Å². The molecule has 110 valence electrons. The maximum atomic E-state index is 12.3. The molecule has 0 spiro atoms. The minimum absolute atomic E-state index is 0.0343. The third-order valence-electron chi connectivity index (χ3n) is 3.73. The van der Waals surface area contributed by atoms with Crippen molar-refractivity contribution < 1.29 is 14.3 Å². The Bertz CT molecular complexity index is 652. The molecule has 0 radical (unpaired) electrons. The molecule has 0 aliphatic carbocycles. The Morgan fingerprint density at radius 2 is 1.95 bits per heavy atom. The largest absolute Gasteiger partial charge is 0.493 e. The molecule has 2 heterocycles. The highest BCUT2D eigenvalue weighted by Gasteiger charge is 2.24. The number of aromatic nitrogens is 2. The molecule has 0 atom stereocenters. The minimum atomic E-state index is -0.0343. The first-order valence-corrected chi connectivity index (χ1v) is 6.74. The smallest absolute Gasteiger partial charge is 0.272 e. The van der Waals surface area contributed by atoms with Crippen LogP contribution in [0.15, 0.2) is 24.7 Å². The van der Waals surface area contributed by atoms with E-state index in [1.165, 1.54) is 11.9 Å². The van der Waals surface area contributed by atoms with Gasteiger partial charge < -0.3 is 19.4 Å². The molecular formula is C15H17N3O3. The summed E-state index contributed by atoms with van der Waals surface area (Å²) in [5, 5.41) is 0. The highest BCUT2D eigenvalue weighted by molar-refractivity contribution is 5.92. The zero-order valence-corrected chi connectivity index (χ0v) is 12.0. The highest BCUT2D eigenvalue weighted by atomic mass is 16.5. The van der Waals surface area contributed by atoms with E-state index in [4.69, 9.17) is 9.47 Å². The van der Waals surface area contributed by atoms with Gasteiger partial charge in [-0.1, -0.05) is 0 Å². The fourth-order valence-corrected chi connectivity index (χ4v) is 2.60. The summed E-state index contributed by atoms with van der Waals surface area (Å²) in [7, 11) is 3.24. The van der Waals surface area contributed by atoms with E-state index in [1.807, 2.05) is 17.0 Å². The van der Waals surface area contributed by atoms with E-state index in [-0.39, 0.29) is 5.91 Å². The quantitative estimate of drug-likeness (QED) is 0.931. The maximum Gasteiger partial charge on any atom is 0.272 e. The monoisotopic (exact) mass is 287 g/mol. The van der Waals surface area contributed by atoms with Gasteiger partial charge in [-0.25, -0.2) is 4.98 Å². The lowest BCUT2D eigenvalue weighted by Crippen LogP contribution is -2.36. The average Bonchev–Trinajstić information content (AvgIpc) is 3.06. The average molecular weight is 287 g/mol. The van der Waals surface area contributed by atoms with Crippen LogP contribution in [0.25, 0.3) is 0 Å². The fourth-order valence-electron chi connectivity index (χ4n) is 2.60. The van der Waals surface area contributed by atoms with Crippen molar-refractivity contribution in [3.63, 3.8) is 0 Å². The number of aromatic amines is 1. The summed E-state index contributed by atoms with van der Waals surface area (Å²) in [6.45, 7) is 1.24. The summed E-state index contributed by atoms with van der Waals surface area (Å²) in [6, 6.07) is 3.94. The molecule has 6 nitrogen and oxygen atoms in total. The number of methoxy groups -OCH3 is 2. The van der Waals surface area contributed by atoms with Gasteiger partial charge in [0.05, 0.1) is 26.7 Å². The van der Waals surface area contributed by atoms with Crippen molar-refractivity contribution in [1.29, 1.82) is 0 Å². The molecule has 0 unspecified atom stereocenters. The SMILES string of the molecule is COc1cc2c(cc1OC)CN(C(=O)c1cnc[nH]1)CC2. The Morgan fingerprint density at radius 1 is 1.24 bits per heavy atom. The second-order valence-corrected chi connectivity index (χ2v) is 4.92. The topological polar surface area (TPSA) is 67.5 Å². The summed E-state index contributed by atoms with van der Waals surface area (Å²) in [4.78, 5) is 20.9. The molecule has 1 amide bonds. The van der Waals surface area contributed by atoms with Crippen LogP contribution in [0.4, 0.5) is 0 Å². The molecule has 0 saturated carbocycles. The molecule has 1 aromatic carbocycles. The number of hydrogen-bond acceptors (Lipinski definition) is 4. The first-order valence-electron chi connectivity index (χ1n) is 6.74. The maximum absolute atomic E-state index is 12.3. The van der Waals surface area contributed by atoms with Gasteiger partial charge in [-0.2, -0.15) is 0 Å². The van der Waals surface area contributed by atoms with Crippen LogP contribution >= 0.6 is 0 Å². The van der Waals surface area contributed by atoms with Crippen molar-refractivity contribution in [3.05, 3.63) is 41.5 Å². The van der Waals surface area contributed by atoms with E-state index in [0.29, 0.717) is 24.5 Å². The van der Waals surface area contributed by atoms with Crippen LogP contribution in [-0.2, 0) is 13.0 Å². The molecule has 6 heteroatoms. The molecule has 0 saturated heterocycles. The number of fused-ring (bicyclic) bond motifs is 1. The van der Waals surface area contributed by atoms with Gasteiger partial charge in [-0.3, -0.25) is 4.79 Å². The van der Waals surface area contributed by atoms with Crippen molar-refractivity contribution >= 4 is 5.91 Å². The number of carbonyl (C=O) groups excluding carboxylic acids is 1. The summed E-state index contributed by atoms with van der Waals surface area (Å²) in [5.74, 6) is 1.38. The van der Waals surface area contributed by atoms with Crippen molar-refractivity contribution in [1.82, 2.24) is 14.9 Å². The van der Waals surface area contributed by atoms with Crippen LogP contribution in [0.2, 0.25) is 0 Å². The van der Waals surface area contributed by atoms with Gasteiger partial charge >= 0.3 is 0 Å². The van der Waals surface area contributed by atoms with Gasteiger partial charge in [0, 0.05) is 13.1 Å². The van der Waals surface area contributed by atoms with Crippen molar-refractivity contribution in [2.45, 2.75) is 13.0 Å². The number of benzene rings is 1. The predicted octanol–water partition coefficient (Wildman–Crippen LogP) is 1.63. The molecule has 2 aromatic rings. The van der Waals surface area contributed by atoms with E-state index in [1.54, 1.807) is 20.4 Å². The van der Waals surface area contributed by atoms with E-state index < -0.39 is 0 Å².